The average Bonchev–Trinajstić information content (AvgIpc) is 2.45. The van der Waals surface area contributed by atoms with E-state index in [1.165, 1.54) is 6.07 Å². The molecule has 0 aliphatic rings. The van der Waals surface area contributed by atoms with E-state index in [1.54, 1.807) is 18.2 Å². The third kappa shape index (κ3) is 4.26. The van der Waals surface area contributed by atoms with E-state index in [1.807, 2.05) is 5.32 Å². The number of hydrogen-bond acceptors (Lipinski definition) is 2. The van der Waals surface area contributed by atoms with Crippen LogP contribution in [0.1, 0.15) is 15.9 Å². The molecule has 0 aliphatic heterocycles. The first-order chi connectivity index (χ1) is 11.3. The Balaban J connectivity index is 2.22. The van der Waals surface area contributed by atoms with Gasteiger partial charge in [-0.25, -0.2) is 18.0 Å². The summed E-state index contributed by atoms with van der Waals surface area (Å²) in [6.45, 7) is 0. The second-order valence-electron chi connectivity index (χ2n) is 4.94. The molecule has 2 N–H and O–H groups in total. The molecule has 2 aromatic rings. The number of carbonyl (C=O) groups excluding carboxylic acids is 1. The number of carboxylic acid groups (broad SMARTS) is 1. The van der Waals surface area contributed by atoms with Gasteiger partial charge in [0.1, 0.15) is 29.1 Å². The molecule has 4 nitrogen and oxygen atoms in total. The zero-order chi connectivity index (χ0) is 17.9. The van der Waals surface area contributed by atoms with Crippen LogP contribution in [0.15, 0.2) is 36.4 Å². The van der Waals surface area contributed by atoms with Gasteiger partial charge in [-0.05, 0) is 17.7 Å². The van der Waals surface area contributed by atoms with Crippen molar-refractivity contribution in [2.24, 2.45) is 0 Å². The fourth-order valence-electron chi connectivity index (χ4n) is 2.09. The number of hydrogen-bond donors (Lipinski definition) is 2. The van der Waals surface area contributed by atoms with E-state index in [2.05, 4.69) is 0 Å². The Morgan fingerprint density at radius 1 is 1.12 bits per heavy atom. The summed E-state index contributed by atoms with van der Waals surface area (Å²) >= 11 is 5.80. The van der Waals surface area contributed by atoms with Crippen molar-refractivity contribution >= 4 is 23.5 Å². The SMILES string of the molecule is O=C(N[C@H](Cc1cccc(Cl)c1)C(=O)O)c1c(F)cc(F)cc1F. The maximum Gasteiger partial charge on any atom is 0.326 e. The van der Waals surface area contributed by atoms with Crippen molar-refractivity contribution in [1.29, 1.82) is 0 Å². The molecule has 126 valence electrons. The Labute approximate surface area is 139 Å². The van der Waals surface area contributed by atoms with Crippen LogP contribution in [-0.2, 0) is 11.2 Å². The van der Waals surface area contributed by atoms with Gasteiger partial charge in [0.2, 0.25) is 0 Å². The van der Waals surface area contributed by atoms with Crippen molar-refractivity contribution in [1.82, 2.24) is 5.32 Å². The van der Waals surface area contributed by atoms with Crippen molar-refractivity contribution in [3.8, 4) is 0 Å². The van der Waals surface area contributed by atoms with Gasteiger partial charge in [-0.2, -0.15) is 0 Å². The first-order valence-corrected chi connectivity index (χ1v) is 7.08. The summed E-state index contributed by atoms with van der Waals surface area (Å²) in [4.78, 5) is 23.3. The molecular formula is C16H11ClF3NO3. The molecule has 1 atom stereocenters. The zero-order valence-corrected chi connectivity index (χ0v) is 12.8. The van der Waals surface area contributed by atoms with Crippen LogP contribution in [0.5, 0.6) is 0 Å². The summed E-state index contributed by atoms with van der Waals surface area (Å²) in [6, 6.07) is 5.51. The molecule has 8 heteroatoms. The standard InChI is InChI=1S/C16H11ClF3NO3/c17-9-3-1-2-8(4-9)5-13(16(23)24)21-15(22)14-11(19)6-10(18)7-12(14)20/h1-4,6-7,13H,5H2,(H,21,22)(H,23,24)/t13-/m1/s1. The molecule has 0 saturated carbocycles. The number of nitrogens with one attached hydrogen (secondary N) is 1. The first-order valence-electron chi connectivity index (χ1n) is 6.70. The molecule has 0 spiro atoms. The van der Waals surface area contributed by atoms with Gasteiger partial charge in [0, 0.05) is 23.6 Å². The van der Waals surface area contributed by atoms with Gasteiger partial charge in [-0.1, -0.05) is 23.7 Å². The Bertz CT molecular complexity index is 775. The number of rotatable bonds is 5. The largest absolute Gasteiger partial charge is 0.480 e. The molecule has 0 fully saturated rings. The number of benzene rings is 2. The van der Waals surface area contributed by atoms with Gasteiger partial charge in [-0.15, -0.1) is 0 Å². The van der Waals surface area contributed by atoms with Crippen molar-refractivity contribution < 1.29 is 27.9 Å². The van der Waals surface area contributed by atoms with Gasteiger partial charge in [0.05, 0.1) is 0 Å². The highest BCUT2D eigenvalue weighted by molar-refractivity contribution is 6.30. The number of amides is 1. The Morgan fingerprint density at radius 2 is 1.75 bits per heavy atom. The highest BCUT2D eigenvalue weighted by Crippen LogP contribution is 2.16. The fraction of sp³-hybridized carbons (Fsp3) is 0.125. The zero-order valence-electron chi connectivity index (χ0n) is 12.0. The van der Waals surface area contributed by atoms with Crippen LogP contribution in [0.4, 0.5) is 13.2 Å². The van der Waals surface area contributed by atoms with Crippen molar-refractivity contribution in [2.45, 2.75) is 12.5 Å². The first kappa shape index (κ1) is 17.8. The van der Waals surface area contributed by atoms with Gasteiger partial charge >= 0.3 is 5.97 Å². The van der Waals surface area contributed by atoms with Crippen LogP contribution in [0.25, 0.3) is 0 Å². The Morgan fingerprint density at radius 3 is 2.29 bits per heavy atom. The molecular weight excluding hydrogens is 347 g/mol. The summed E-state index contributed by atoms with van der Waals surface area (Å²) in [5.41, 5.74) is -0.538. The summed E-state index contributed by atoms with van der Waals surface area (Å²) in [7, 11) is 0. The lowest BCUT2D eigenvalue weighted by Crippen LogP contribution is -2.43. The van der Waals surface area contributed by atoms with Gasteiger partial charge < -0.3 is 10.4 Å². The van der Waals surface area contributed by atoms with E-state index >= 15 is 0 Å². The number of aliphatic carboxylic acids is 1. The second kappa shape index (κ2) is 7.35. The van der Waals surface area contributed by atoms with Crippen LogP contribution in [-0.4, -0.2) is 23.0 Å². The molecule has 24 heavy (non-hydrogen) atoms. The minimum atomic E-state index is -1.44. The third-order valence-electron chi connectivity index (χ3n) is 3.17. The third-order valence-corrected chi connectivity index (χ3v) is 3.40. The van der Waals surface area contributed by atoms with E-state index < -0.39 is 40.9 Å². The molecule has 2 rings (SSSR count). The van der Waals surface area contributed by atoms with Crippen LogP contribution in [0, 0.1) is 17.5 Å². The summed E-state index contributed by atoms with van der Waals surface area (Å²) < 4.78 is 40.0. The lowest BCUT2D eigenvalue weighted by Gasteiger charge is -2.15. The van der Waals surface area contributed by atoms with E-state index in [-0.39, 0.29) is 6.42 Å². The number of carboxylic acids is 1. The lowest BCUT2D eigenvalue weighted by molar-refractivity contribution is -0.139. The van der Waals surface area contributed by atoms with Crippen LogP contribution in [0.3, 0.4) is 0 Å². The maximum atomic E-state index is 13.6. The predicted octanol–water partition coefficient (Wildman–Crippen LogP) is 3.18. The molecule has 0 aromatic heterocycles. The van der Waals surface area contributed by atoms with Crippen molar-refractivity contribution in [3.05, 3.63) is 70.0 Å². The number of carbonyl (C=O) groups is 2. The predicted molar refractivity (Wildman–Crippen MR) is 80.4 cm³/mol. The highest BCUT2D eigenvalue weighted by Gasteiger charge is 2.25. The van der Waals surface area contributed by atoms with E-state index in [0.29, 0.717) is 22.7 Å². The smallest absolute Gasteiger partial charge is 0.326 e. The van der Waals surface area contributed by atoms with Crippen molar-refractivity contribution in [3.63, 3.8) is 0 Å². The van der Waals surface area contributed by atoms with Crippen LogP contribution >= 0.6 is 11.6 Å². The molecule has 0 unspecified atom stereocenters. The molecule has 0 saturated heterocycles. The summed E-state index contributed by atoms with van der Waals surface area (Å²) in [5, 5.41) is 11.6. The van der Waals surface area contributed by atoms with E-state index in [0.717, 1.165) is 0 Å². The quantitative estimate of drug-likeness (QED) is 0.863. The van der Waals surface area contributed by atoms with Gasteiger partial charge in [0.15, 0.2) is 0 Å². The van der Waals surface area contributed by atoms with Gasteiger partial charge in [0.25, 0.3) is 5.91 Å². The molecule has 0 radical (unpaired) electrons. The topological polar surface area (TPSA) is 66.4 Å². The monoisotopic (exact) mass is 357 g/mol. The second-order valence-corrected chi connectivity index (χ2v) is 5.38. The van der Waals surface area contributed by atoms with Crippen LogP contribution < -0.4 is 5.32 Å². The molecule has 1 amide bonds. The minimum Gasteiger partial charge on any atom is -0.480 e. The Hall–Kier alpha value is -2.54. The summed E-state index contributed by atoms with van der Waals surface area (Å²) in [6.07, 6.45) is -0.147. The van der Waals surface area contributed by atoms with Crippen molar-refractivity contribution in [2.75, 3.05) is 0 Å². The normalized spacial score (nSPS) is 11.8. The molecule has 0 bridgehead atoms. The van der Waals surface area contributed by atoms with E-state index in [4.69, 9.17) is 11.6 Å². The summed E-state index contributed by atoms with van der Waals surface area (Å²) in [5.74, 6) is -6.71. The highest BCUT2D eigenvalue weighted by atomic mass is 35.5. The molecule has 0 heterocycles. The van der Waals surface area contributed by atoms with Crippen LogP contribution in [0.2, 0.25) is 5.02 Å². The lowest BCUT2D eigenvalue weighted by atomic mass is 10.1. The fourth-order valence-corrected chi connectivity index (χ4v) is 2.30. The number of halogens is 4. The Kier molecular flexibility index (Phi) is 5.46. The average molecular weight is 358 g/mol. The molecule has 0 aliphatic carbocycles. The minimum absolute atomic E-state index is 0.147. The molecule has 2 aromatic carbocycles. The van der Waals surface area contributed by atoms with Gasteiger partial charge in [-0.3, -0.25) is 4.79 Å². The van der Waals surface area contributed by atoms with E-state index in [9.17, 15) is 27.9 Å². The maximum absolute atomic E-state index is 13.6.